The molecule has 0 N–H and O–H groups in total. The highest BCUT2D eigenvalue weighted by atomic mass is 19.1. The highest BCUT2D eigenvalue weighted by molar-refractivity contribution is 5.95. The second-order valence-corrected chi connectivity index (χ2v) is 38.6. The normalized spacial score (nSPS) is 13.1. The van der Waals surface area contributed by atoms with E-state index in [2.05, 4.69) is 328 Å². The van der Waals surface area contributed by atoms with Crippen LogP contribution in [0.15, 0.2) is 195 Å². The Bertz CT molecular complexity index is 7700. The summed E-state index contributed by atoms with van der Waals surface area (Å²) in [6.07, 6.45) is 15.1. The average Bonchev–Trinajstić information content (AvgIpc) is 1.58. The first-order chi connectivity index (χ1) is 61.4. The third-order valence-corrected chi connectivity index (χ3v) is 30.4. The molecule has 8 aliphatic rings. The summed E-state index contributed by atoms with van der Waals surface area (Å²) in [7, 11) is 8.43. The van der Waals surface area contributed by atoms with Gasteiger partial charge in [0.2, 0.25) is 22.8 Å². The minimum atomic E-state index is -0.0946. The van der Waals surface area contributed by atoms with Gasteiger partial charge in [0.05, 0.1) is 0 Å². The van der Waals surface area contributed by atoms with Crippen LogP contribution in [0.5, 0.6) is 0 Å². The van der Waals surface area contributed by atoms with Crippen molar-refractivity contribution in [3.05, 3.63) is 396 Å². The number of hydrogen-bond donors (Lipinski definition) is 0. The number of hydrogen-bond acceptors (Lipinski definition) is 0. The summed E-state index contributed by atoms with van der Waals surface area (Å²) < 4.78 is 71.5. The molecule has 12 aromatic carbocycles. The standard InChI is InChI=1S/4C30H27FN/c1-16-6-7-21-20(11-16)13-24-25(21)15-28(31)29-22-8-9-32(5)30(27(22)14-26(24)29)23-12-17(2)10-18(3)19(23)4;1-16-6-7-20-13-24-25(23(20)11-16)15-28(31)29-21-8-9-32(5)30(27(21)14-26(24)29)22-12-17(2)10-18(3)19(22)4;1-16-11-18(3)19(4)23(12-16)30-27-14-26-24-13-22-17(2)7-6-8-20(22)25(24)15-28(31)29(26)21(27)9-10-32(30)5;1-16-11-18(3)19(4)22(12-16)30-26-14-24-23-13-20-8-6-7-17(2)28(20)25(23)15-27(31)29(24)21(26)9-10-32(30)5/h4*6-12,15H,13-14H2,1-5H3/q4*+1. The van der Waals surface area contributed by atoms with Crippen molar-refractivity contribution in [1.29, 1.82) is 0 Å². The maximum Gasteiger partial charge on any atom is 0.216 e. The average molecular weight is 1680 g/mol. The molecule has 0 aliphatic heterocycles. The summed E-state index contributed by atoms with van der Waals surface area (Å²) in [4.78, 5) is 0. The molecule has 0 radical (unpaired) electrons. The van der Waals surface area contributed by atoms with E-state index in [9.17, 15) is 0 Å². The summed E-state index contributed by atoms with van der Waals surface area (Å²) in [5, 5.41) is 0. The molecule has 128 heavy (non-hydrogen) atoms. The Morgan fingerprint density at radius 1 is 0.188 bits per heavy atom. The van der Waals surface area contributed by atoms with Gasteiger partial charge >= 0.3 is 0 Å². The molecule has 8 heteroatoms. The number of halogens is 4. The Morgan fingerprint density at radius 3 is 0.914 bits per heavy atom. The predicted molar refractivity (Wildman–Crippen MR) is 514 cm³/mol. The van der Waals surface area contributed by atoms with Gasteiger partial charge < -0.3 is 0 Å². The number of pyridine rings is 4. The predicted octanol–water partition coefficient (Wildman–Crippen LogP) is 26.8. The van der Waals surface area contributed by atoms with E-state index in [1.807, 2.05) is 0 Å². The molecule has 0 fully saturated rings. The molecule has 24 rings (SSSR count). The van der Waals surface area contributed by atoms with Crippen LogP contribution < -0.4 is 18.3 Å². The van der Waals surface area contributed by atoms with Crippen molar-refractivity contribution >= 4 is 0 Å². The van der Waals surface area contributed by atoms with Gasteiger partial charge in [0.15, 0.2) is 24.8 Å². The quantitative estimate of drug-likeness (QED) is 0.123. The minimum absolute atomic E-state index is 0.0921. The van der Waals surface area contributed by atoms with Crippen molar-refractivity contribution in [2.45, 2.75) is 162 Å². The summed E-state index contributed by atoms with van der Waals surface area (Å²) in [5.41, 5.74) is 67.2. The minimum Gasteiger partial charge on any atom is -0.206 e. The zero-order chi connectivity index (χ0) is 89.2. The van der Waals surface area contributed by atoms with E-state index in [1.54, 1.807) is 24.3 Å². The van der Waals surface area contributed by atoms with Crippen molar-refractivity contribution in [2.75, 3.05) is 0 Å². The first-order valence-electron chi connectivity index (χ1n) is 45.5. The molecule has 16 aromatic rings. The molecule has 0 unspecified atom stereocenters. The van der Waals surface area contributed by atoms with Gasteiger partial charge in [0.25, 0.3) is 0 Å². The van der Waals surface area contributed by atoms with E-state index >= 15 is 17.6 Å². The topological polar surface area (TPSA) is 15.5 Å². The summed E-state index contributed by atoms with van der Waals surface area (Å²) in [5.74, 6) is -0.374. The fourth-order valence-electron chi connectivity index (χ4n) is 23.8. The second kappa shape index (κ2) is 30.3. The SMILES string of the molecule is Cc1cc(C)c(C)c(-c2c3c(cc[n+]2C)-c2c(F)cc4c(c2C3)Cc2c(C)cccc2-4)c1.Cc1cc(C)c(C)c(-c2c3c(cc[n+]2C)-c2c(F)cc4c(c2C3)Cc2cccc(C)c2-4)c1.Cc1ccc2c(c1)-c1cc(F)c3c(c1C2)Cc1c-3cc[n+](C)c1-c1cc(C)cc(C)c1C.Cc1ccc2c(c1)Cc1c-2cc(F)c2c1Cc1c-2cc[n+](C)c1-c1cc(C)cc(C)c1C. The van der Waals surface area contributed by atoms with E-state index in [0.717, 1.165) is 118 Å². The maximum atomic E-state index is 15.7. The van der Waals surface area contributed by atoms with Gasteiger partial charge in [-0.1, -0.05) is 130 Å². The number of benzene rings is 12. The van der Waals surface area contributed by atoms with Gasteiger partial charge in [-0.05, 0) is 352 Å². The highest BCUT2D eigenvalue weighted by Gasteiger charge is 2.42. The zero-order valence-electron chi connectivity index (χ0n) is 77.4. The van der Waals surface area contributed by atoms with Crippen LogP contribution in [0.2, 0.25) is 0 Å². The largest absolute Gasteiger partial charge is 0.216 e. The lowest BCUT2D eigenvalue weighted by Gasteiger charge is -2.12. The van der Waals surface area contributed by atoms with Gasteiger partial charge in [-0.3, -0.25) is 0 Å². The first kappa shape index (κ1) is 82.0. The fraction of sp³-hybridized carbons (Fsp3) is 0.233. The third kappa shape index (κ3) is 12.8. The van der Waals surface area contributed by atoms with E-state index in [0.29, 0.717) is 0 Å². The van der Waals surface area contributed by atoms with Crippen LogP contribution in [0.4, 0.5) is 17.6 Å². The van der Waals surface area contributed by atoms with Gasteiger partial charge in [-0.25, -0.2) is 35.8 Å². The molecular formula is C120H108F4N4+4. The van der Waals surface area contributed by atoms with Crippen molar-refractivity contribution in [1.82, 2.24) is 0 Å². The number of fused-ring (bicyclic) bond motifs is 28. The Hall–Kier alpha value is -13.0. The lowest BCUT2D eigenvalue weighted by atomic mass is 9.93. The van der Waals surface area contributed by atoms with Gasteiger partial charge in [0.1, 0.15) is 51.5 Å². The molecule has 8 aliphatic carbocycles. The highest BCUT2D eigenvalue weighted by Crippen LogP contribution is 2.56. The van der Waals surface area contributed by atoms with Crippen LogP contribution in [-0.4, -0.2) is 0 Å². The molecule has 0 saturated heterocycles. The summed E-state index contributed by atoms with van der Waals surface area (Å²) in [6, 6.07) is 59.6. The Labute approximate surface area is 751 Å². The zero-order valence-corrected chi connectivity index (χ0v) is 77.4. The number of rotatable bonds is 4. The van der Waals surface area contributed by atoms with E-state index in [-0.39, 0.29) is 23.3 Å². The lowest BCUT2D eigenvalue weighted by Crippen LogP contribution is -2.32. The third-order valence-electron chi connectivity index (χ3n) is 30.4. The second-order valence-electron chi connectivity index (χ2n) is 38.6. The Balaban J connectivity index is 0.000000104. The van der Waals surface area contributed by atoms with Crippen LogP contribution in [-0.2, 0) is 79.6 Å². The molecule has 4 aromatic heterocycles. The van der Waals surface area contributed by atoms with E-state index in [4.69, 9.17) is 0 Å². The van der Waals surface area contributed by atoms with Crippen molar-refractivity contribution in [2.24, 2.45) is 28.2 Å². The monoisotopic (exact) mass is 1680 g/mol. The van der Waals surface area contributed by atoms with E-state index in [1.165, 1.54) is 245 Å². The summed E-state index contributed by atoms with van der Waals surface area (Å²) >= 11 is 0. The van der Waals surface area contributed by atoms with Gasteiger partial charge in [0, 0.05) is 139 Å². The van der Waals surface area contributed by atoms with Crippen LogP contribution >= 0.6 is 0 Å². The molecule has 0 saturated carbocycles. The fourth-order valence-corrected chi connectivity index (χ4v) is 23.8. The number of aryl methyl sites for hydroxylation is 16. The van der Waals surface area contributed by atoms with Crippen LogP contribution in [0.25, 0.3) is 134 Å². The van der Waals surface area contributed by atoms with Crippen LogP contribution in [0.1, 0.15) is 178 Å². The smallest absolute Gasteiger partial charge is 0.206 e. The van der Waals surface area contributed by atoms with Crippen molar-refractivity contribution in [3.63, 3.8) is 0 Å². The van der Waals surface area contributed by atoms with Crippen LogP contribution in [0, 0.1) is 134 Å². The number of nitrogens with zero attached hydrogens (tertiary/aromatic N) is 4. The van der Waals surface area contributed by atoms with Gasteiger partial charge in [-0.2, -0.15) is 0 Å². The van der Waals surface area contributed by atoms with Crippen molar-refractivity contribution in [3.8, 4) is 134 Å². The first-order valence-corrected chi connectivity index (χ1v) is 45.5. The van der Waals surface area contributed by atoms with Crippen LogP contribution in [0.3, 0.4) is 0 Å². The van der Waals surface area contributed by atoms with Gasteiger partial charge in [-0.15, -0.1) is 0 Å². The van der Waals surface area contributed by atoms with E-state index < -0.39 is 0 Å². The molecule has 0 atom stereocenters. The summed E-state index contributed by atoms with van der Waals surface area (Å²) in [6.45, 7) is 34.6. The molecule has 0 bridgehead atoms. The molecule has 4 heterocycles. The molecule has 0 spiro atoms. The maximum absolute atomic E-state index is 15.7. The van der Waals surface area contributed by atoms with Crippen molar-refractivity contribution < 1.29 is 35.8 Å². The Kier molecular flexibility index (Phi) is 19.4. The lowest BCUT2D eigenvalue weighted by molar-refractivity contribution is -0.660. The number of aromatic nitrogens is 4. The molecule has 0 amide bonds. The molecule has 4 nitrogen and oxygen atoms in total. The molecular weight excluding hydrogens is 1570 g/mol. The molecule has 632 valence electrons. The Morgan fingerprint density at radius 2 is 0.500 bits per heavy atom.